The van der Waals surface area contributed by atoms with E-state index >= 15 is 0 Å². The minimum atomic E-state index is -2.12. The van der Waals surface area contributed by atoms with Crippen molar-refractivity contribution < 1.29 is 9.53 Å². The highest BCUT2D eigenvalue weighted by Gasteiger charge is 2.29. The molecule has 0 amide bonds. The predicted molar refractivity (Wildman–Crippen MR) is 54.5 cm³/mol. The van der Waals surface area contributed by atoms with Crippen LogP contribution in [0.4, 0.5) is 0 Å². The van der Waals surface area contributed by atoms with Gasteiger partial charge in [0.1, 0.15) is 0 Å². The molecule has 2 nitrogen and oxygen atoms in total. The van der Waals surface area contributed by atoms with E-state index in [-0.39, 0.29) is 5.73 Å². The Morgan fingerprint density at radius 1 is 1.58 bits per heavy atom. The summed E-state index contributed by atoms with van der Waals surface area (Å²) in [6.07, 6.45) is 0.878. The molecule has 0 aliphatic carbocycles. The van der Waals surface area contributed by atoms with Crippen molar-refractivity contribution in [3.8, 4) is 0 Å². The molecule has 0 rings (SSSR count). The molecule has 0 aromatic heterocycles. The summed E-state index contributed by atoms with van der Waals surface area (Å²) in [5.41, 5.74) is 1.04. The molecule has 0 saturated heterocycles. The Hall–Kier alpha value is -0.123. The predicted octanol–water partition coefficient (Wildman–Crippen LogP) is 2.09. The molecule has 12 heavy (non-hydrogen) atoms. The summed E-state index contributed by atoms with van der Waals surface area (Å²) in [5.74, 6) is 0. The first-order chi connectivity index (χ1) is 5.38. The van der Waals surface area contributed by atoms with Gasteiger partial charge in [-0.1, -0.05) is 19.1 Å². The van der Waals surface area contributed by atoms with E-state index in [1.165, 1.54) is 0 Å². The van der Waals surface area contributed by atoms with Gasteiger partial charge < -0.3 is 9.53 Å². The minimum absolute atomic E-state index is 0.0363. The van der Waals surface area contributed by atoms with Crippen molar-refractivity contribution in [2.45, 2.75) is 39.1 Å². The summed E-state index contributed by atoms with van der Waals surface area (Å²) in [6, 6.07) is 0. The van der Waals surface area contributed by atoms with E-state index in [9.17, 15) is 4.80 Å². The van der Waals surface area contributed by atoms with Crippen molar-refractivity contribution in [1.29, 1.82) is 0 Å². The molecule has 0 spiro atoms. The van der Waals surface area contributed by atoms with Crippen molar-refractivity contribution in [2.75, 3.05) is 6.61 Å². The van der Waals surface area contributed by atoms with Crippen molar-refractivity contribution in [3.05, 3.63) is 12.2 Å². The molecular weight excluding hydrogens is 168 g/mol. The number of ether oxygens (including phenoxy) is 1. The second-order valence-corrected chi connectivity index (χ2v) is 7.77. The van der Waals surface area contributed by atoms with Crippen LogP contribution in [0.15, 0.2) is 12.2 Å². The quantitative estimate of drug-likeness (QED) is 0.529. The molecule has 1 unspecified atom stereocenters. The normalized spacial score (nSPS) is 14.4. The highest BCUT2D eigenvalue weighted by Crippen LogP contribution is 2.12. The molecule has 1 N–H and O–H groups in total. The maximum atomic E-state index is 9.77. The largest absolute Gasteiger partial charge is 0.430 e. The van der Waals surface area contributed by atoms with Gasteiger partial charge in [0.2, 0.25) is 8.32 Å². The average molecular weight is 188 g/mol. The number of hydrogen-bond acceptors (Lipinski definition) is 2. The van der Waals surface area contributed by atoms with Crippen LogP contribution in [-0.2, 0) is 4.74 Å². The van der Waals surface area contributed by atoms with Crippen LogP contribution < -0.4 is 0 Å². The Bertz CT molecular complexity index is 149. The third-order valence-corrected chi connectivity index (χ3v) is 3.84. The third-order valence-electron chi connectivity index (χ3n) is 1.69. The van der Waals surface area contributed by atoms with E-state index in [0.29, 0.717) is 6.61 Å². The van der Waals surface area contributed by atoms with Crippen LogP contribution in [0.25, 0.3) is 0 Å². The maximum Gasteiger partial charge on any atom is 0.210 e. The van der Waals surface area contributed by atoms with Gasteiger partial charge in [-0.3, -0.25) is 0 Å². The fraction of sp³-hybridized carbons (Fsp3) is 0.778. The lowest BCUT2D eigenvalue weighted by Gasteiger charge is -2.25. The molecule has 0 aliphatic heterocycles. The molecule has 1 atom stereocenters. The van der Waals surface area contributed by atoms with E-state index in [2.05, 4.69) is 6.58 Å². The fourth-order valence-electron chi connectivity index (χ4n) is 1.06. The topological polar surface area (TPSA) is 29.5 Å². The van der Waals surface area contributed by atoms with Gasteiger partial charge in [-0.2, -0.15) is 0 Å². The van der Waals surface area contributed by atoms with Crippen molar-refractivity contribution in [3.63, 3.8) is 0 Å². The molecular formula is C9H20O2Si. The second kappa shape index (κ2) is 4.79. The Balaban J connectivity index is 3.92. The first kappa shape index (κ1) is 11.9. The first-order valence-corrected chi connectivity index (χ1v) is 7.38. The number of rotatable bonds is 5. The van der Waals surface area contributed by atoms with Crippen molar-refractivity contribution in [2.24, 2.45) is 0 Å². The van der Waals surface area contributed by atoms with Crippen LogP contribution in [0.3, 0.4) is 0 Å². The van der Waals surface area contributed by atoms with E-state index in [1.807, 2.05) is 26.9 Å². The van der Waals surface area contributed by atoms with Crippen molar-refractivity contribution >= 4 is 8.32 Å². The van der Waals surface area contributed by atoms with E-state index < -0.39 is 8.32 Å². The van der Waals surface area contributed by atoms with Crippen LogP contribution in [-0.4, -0.2) is 25.4 Å². The zero-order valence-corrected chi connectivity index (χ0v) is 9.55. The summed E-state index contributed by atoms with van der Waals surface area (Å²) in [5, 5.41) is 0. The molecule has 0 saturated carbocycles. The molecule has 0 aromatic carbocycles. The summed E-state index contributed by atoms with van der Waals surface area (Å²) < 4.78 is 5.53. The van der Waals surface area contributed by atoms with Gasteiger partial charge in [0.25, 0.3) is 0 Å². The lowest BCUT2D eigenvalue weighted by atomic mass is 10.4. The zero-order chi connectivity index (χ0) is 9.78. The van der Waals surface area contributed by atoms with Crippen LogP contribution in [0, 0.1) is 0 Å². The Morgan fingerprint density at radius 3 is 2.33 bits per heavy atom. The zero-order valence-electron chi connectivity index (χ0n) is 8.55. The second-order valence-electron chi connectivity index (χ2n) is 3.82. The molecule has 0 heterocycles. The highest BCUT2D eigenvalue weighted by molar-refractivity contribution is 6.71. The SMILES string of the molecule is C=C(C)COC(CC)[Si](C)(C)O. The Kier molecular flexibility index (Phi) is 4.75. The van der Waals surface area contributed by atoms with Gasteiger partial charge in [-0.05, 0) is 26.4 Å². The fourth-order valence-corrected chi connectivity index (χ4v) is 2.55. The van der Waals surface area contributed by atoms with Crippen LogP contribution in [0.2, 0.25) is 13.1 Å². The lowest BCUT2D eigenvalue weighted by molar-refractivity contribution is 0.105. The summed E-state index contributed by atoms with van der Waals surface area (Å²) in [6.45, 7) is 12.1. The molecule has 3 heteroatoms. The summed E-state index contributed by atoms with van der Waals surface area (Å²) >= 11 is 0. The monoisotopic (exact) mass is 188 g/mol. The molecule has 0 aliphatic rings. The summed E-state index contributed by atoms with van der Waals surface area (Å²) in [4.78, 5) is 9.77. The van der Waals surface area contributed by atoms with Gasteiger partial charge >= 0.3 is 0 Å². The van der Waals surface area contributed by atoms with Gasteiger partial charge in [-0.15, -0.1) is 0 Å². The van der Waals surface area contributed by atoms with E-state index in [0.717, 1.165) is 12.0 Å². The minimum Gasteiger partial charge on any atom is -0.430 e. The standard InChI is InChI=1S/C9H20O2Si/c1-6-9(12(4,5)10)11-7-8(2)3/h9-10H,2,6-7H2,1,3-5H3. The number of hydrogen-bond donors (Lipinski definition) is 1. The van der Waals surface area contributed by atoms with Crippen LogP contribution >= 0.6 is 0 Å². The van der Waals surface area contributed by atoms with Crippen LogP contribution in [0.1, 0.15) is 20.3 Å². The first-order valence-electron chi connectivity index (χ1n) is 4.36. The summed E-state index contributed by atoms with van der Waals surface area (Å²) in [7, 11) is -2.12. The van der Waals surface area contributed by atoms with Gasteiger partial charge in [0, 0.05) is 0 Å². The molecule has 0 radical (unpaired) electrons. The molecule has 0 fully saturated rings. The molecule has 0 bridgehead atoms. The lowest BCUT2D eigenvalue weighted by Crippen LogP contribution is -2.43. The smallest absolute Gasteiger partial charge is 0.210 e. The van der Waals surface area contributed by atoms with E-state index in [1.54, 1.807) is 0 Å². The highest BCUT2D eigenvalue weighted by atomic mass is 28.4. The third kappa shape index (κ3) is 4.69. The van der Waals surface area contributed by atoms with Gasteiger partial charge in [0.05, 0.1) is 12.3 Å². The van der Waals surface area contributed by atoms with Crippen molar-refractivity contribution in [1.82, 2.24) is 0 Å². The Labute approximate surface area is 76.4 Å². The van der Waals surface area contributed by atoms with Crippen LogP contribution in [0.5, 0.6) is 0 Å². The maximum absolute atomic E-state index is 9.77. The Morgan fingerprint density at radius 2 is 2.08 bits per heavy atom. The van der Waals surface area contributed by atoms with E-state index in [4.69, 9.17) is 4.74 Å². The molecule has 0 aromatic rings. The molecule has 72 valence electrons. The van der Waals surface area contributed by atoms with Gasteiger partial charge in [0.15, 0.2) is 0 Å². The average Bonchev–Trinajstić information content (AvgIpc) is 1.85. The van der Waals surface area contributed by atoms with Gasteiger partial charge in [-0.25, -0.2) is 0 Å².